The summed E-state index contributed by atoms with van der Waals surface area (Å²) in [5.41, 5.74) is 1.24. The second-order valence-electron chi connectivity index (χ2n) is 5.51. The fourth-order valence-corrected chi connectivity index (χ4v) is 3.61. The van der Waals surface area contributed by atoms with E-state index in [4.69, 9.17) is 4.74 Å². The quantitative estimate of drug-likeness (QED) is 0.807. The lowest BCUT2D eigenvalue weighted by atomic mass is 9.87. The summed E-state index contributed by atoms with van der Waals surface area (Å²) in [4.78, 5) is 2.47. The maximum Gasteiger partial charge on any atom is 0.0895 e. The fourth-order valence-electron chi connectivity index (χ4n) is 3.16. The monoisotopic (exact) mass is 253 g/mol. The van der Waals surface area contributed by atoms with Gasteiger partial charge in [0.25, 0.3) is 0 Å². The van der Waals surface area contributed by atoms with E-state index in [1.165, 1.54) is 30.8 Å². The number of ether oxygens (including phenoxy) is 1. The number of piperidine rings is 1. The highest BCUT2D eigenvalue weighted by atomic mass is 32.1. The van der Waals surface area contributed by atoms with Gasteiger partial charge in [-0.1, -0.05) is 11.4 Å². The van der Waals surface area contributed by atoms with Gasteiger partial charge in [0.15, 0.2) is 0 Å². The molecule has 0 N–H and O–H groups in total. The van der Waals surface area contributed by atoms with Crippen molar-refractivity contribution < 1.29 is 4.74 Å². The van der Waals surface area contributed by atoms with Gasteiger partial charge < -0.3 is 4.74 Å². The van der Waals surface area contributed by atoms with E-state index < -0.39 is 0 Å². The van der Waals surface area contributed by atoms with E-state index in [0.29, 0.717) is 0 Å². The Morgan fingerprint density at radius 3 is 3.29 bits per heavy atom. The minimum Gasteiger partial charge on any atom is -0.373 e. The van der Waals surface area contributed by atoms with Crippen LogP contribution >= 0.6 is 11.5 Å². The number of rotatable bonds is 2. The molecule has 3 rings (SSSR count). The lowest BCUT2D eigenvalue weighted by Gasteiger charge is -2.39. The third kappa shape index (κ3) is 2.51. The van der Waals surface area contributed by atoms with Crippen molar-refractivity contribution in [2.45, 2.75) is 38.3 Å². The molecule has 2 fully saturated rings. The molecule has 17 heavy (non-hydrogen) atoms. The molecule has 3 heterocycles. The van der Waals surface area contributed by atoms with Crippen LogP contribution in [-0.2, 0) is 11.3 Å². The van der Waals surface area contributed by atoms with Gasteiger partial charge in [-0.3, -0.25) is 4.90 Å². The van der Waals surface area contributed by atoms with Crippen LogP contribution in [0.4, 0.5) is 0 Å². The highest BCUT2D eigenvalue weighted by Crippen LogP contribution is 2.37. The lowest BCUT2D eigenvalue weighted by molar-refractivity contribution is -0.0537. The molecule has 0 amide bonds. The van der Waals surface area contributed by atoms with E-state index in [1.54, 1.807) is 0 Å². The molecule has 2 saturated heterocycles. The molecular formula is C12H19N3OS. The largest absolute Gasteiger partial charge is 0.373 e. The first-order valence-electron chi connectivity index (χ1n) is 6.38. The summed E-state index contributed by atoms with van der Waals surface area (Å²) in [5, 5.41) is 6.17. The Hall–Kier alpha value is -0.520. The number of likely N-dealkylation sites (tertiary alicyclic amines) is 1. The van der Waals surface area contributed by atoms with Crippen LogP contribution in [0.2, 0.25) is 0 Å². The molecular weight excluding hydrogens is 234 g/mol. The molecule has 4 nitrogen and oxygen atoms in total. The van der Waals surface area contributed by atoms with Crippen LogP contribution in [0.1, 0.15) is 31.9 Å². The highest BCUT2D eigenvalue weighted by molar-refractivity contribution is 7.03. The third-order valence-electron chi connectivity index (χ3n) is 3.80. The van der Waals surface area contributed by atoms with Crippen molar-refractivity contribution in [3.63, 3.8) is 0 Å². The van der Waals surface area contributed by atoms with Gasteiger partial charge in [0.05, 0.1) is 17.9 Å². The number of aromatic nitrogens is 2. The van der Waals surface area contributed by atoms with E-state index in [-0.39, 0.29) is 5.60 Å². The molecule has 94 valence electrons. The third-order valence-corrected chi connectivity index (χ3v) is 4.36. The molecule has 1 aromatic heterocycles. The van der Waals surface area contributed by atoms with E-state index in [1.807, 2.05) is 5.38 Å². The maximum absolute atomic E-state index is 6.07. The van der Waals surface area contributed by atoms with Gasteiger partial charge in [-0.2, -0.15) is 0 Å². The molecule has 1 aromatic rings. The Balaban J connectivity index is 1.64. The van der Waals surface area contributed by atoms with Crippen LogP contribution in [0.25, 0.3) is 0 Å². The average molecular weight is 253 g/mol. The number of hydrogen-bond acceptors (Lipinski definition) is 5. The van der Waals surface area contributed by atoms with Crippen LogP contribution in [0.3, 0.4) is 0 Å². The van der Waals surface area contributed by atoms with Gasteiger partial charge in [0.2, 0.25) is 0 Å². The zero-order valence-corrected chi connectivity index (χ0v) is 11.1. The molecule has 0 saturated carbocycles. The molecule has 2 atom stereocenters. The summed E-state index contributed by atoms with van der Waals surface area (Å²) in [7, 11) is 0. The molecule has 2 aliphatic heterocycles. The van der Waals surface area contributed by atoms with Gasteiger partial charge in [0.1, 0.15) is 0 Å². The predicted octanol–water partition coefficient (Wildman–Crippen LogP) is 1.93. The minimum absolute atomic E-state index is 0.140. The first-order chi connectivity index (χ1) is 8.26. The van der Waals surface area contributed by atoms with Gasteiger partial charge >= 0.3 is 0 Å². The molecule has 0 bridgehead atoms. The van der Waals surface area contributed by atoms with Crippen LogP contribution < -0.4 is 0 Å². The van der Waals surface area contributed by atoms with Crippen molar-refractivity contribution in [2.75, 3.05) is 19.7 Å². The summed E-state index contributed by atoms with van der Waals surface area (Å²) in [6.07, 6.45) is 3.69. The molecule has 0 aromatic carbocycles. The topological polar surface area (TPSA) is 38.2 Å². The van der Waals surface area contributed by atoms with Gasteiger partial charge in [0, 0.05) is 18.5 Å². The van der Waals surface area contributed by atoms with Gasteiger partial charge in [-0.15, -0.1) is 5.10 Å². The van der Waals surface area contributed by atoms with Crippen LogP contribution in [0.15, 0.2) is 5.38 Å². The van der Waals surface area contributed by atoms with Crippen molar-refractivity contribution in [1.82, 2.24) is 14.5 Å². The van der Waals surface area contributed by atoms with E-state index in [9.17, 15) is 0 Å². The first-order valence-corrected chi connectivity index (χ1v) is 7.22. The second-order valence-corrected chi connectivity index (χ2v) is 6.12. The van der Waals surface area contributed by atoms with Crippen molar-refractivity contribution in [2.24, 2.45) is 5.92 Å². The normalized spacial score (nSPS) is 34.5. The Morgan fingerprint density at radius 1 is 1.65 bits per heavy atom. The Morgan fingerprint density at radius 2 is 2.59 bits per heavy atom. The Kier molecular flexibility index (Phi) is 3.15. The molecule has 2 aliphatic rings. The van der Waals surface area contributed by atoms with Crippen molar-refractivity contribution in [3.05, 3.63) is 11.1 Å². The molecule has 0 radical (unpaired) electrons. The molecule has 5 heteroatoms. The standard InChI is InChI=1S/C12H19N3OS/c1-10-5-12(16-7-10)3-2-4-15(9-12)6-11-8-17-14-13-11/h8,10H,2-7,9H2,1H3. The van der Waals surface area contributed by atoms with Crippen LogP contribution in [-0.4, -0.2) is 39.8 Å². The van der Waals surface area contributed by atoms with Crippen molar-refractivity contribution in [1.29, 1.82) is 0 Å². The highest BCUT2D eigenvalue weighted by Gasteiger charge is 2.41. The maximum atomic E-state index is 6.07. The summed E-state index contributed by atoms with van der Waals surface area (Å²) in [5.74, 6) is 0.718. The van der Waals surface area contributed by atoms with E-state index >= 15 is 0 Å². The zero-order chi connectivity index (χ0) is 11.7. The minimum atomic E-state index is 0.140. The molecule has 0 aliphatic carbocycles. The Bertz CT molecular complexity index is 366. The summed E-state index contributed by atoms with van der Waals surface area (Å²) in [6, 6.07) is 0. The average Bonchev–Trinajstić information content (AvgIpc) is 2.90. The van der Waals surface area contributed by atoms with Crippen LogP contribution in [0, 0.1) is 5.92 Å². The first kappa shape index (κ1) is 11.6. The van der Waals surface area contributed by atoms with E-state index in [0.717, 1.165) is 37.9 Å². The summed E-state index contributed by atoms with van der Waals surface area (Å²) < 4.78 is 9.99. The van der Waals surface area contributed by atoms with Crippen LogP contribution in [0.5, 0.6) is 0 Å². The second kappa shape index (κ2) is 4.63. The smallest absolute Gasteiger partial charge is 0.0895 e. The SMILES string of the molecule is CC1COC2(CCCN(Cc3csnn3)C2)C1. The van der Waals surface area contributed by atoms with Gasteiger partial charge in [-0.25, -0.2) is 0 Å². The summed E-state index contributed by atoms with van der Waals surface area (Å²) >= 11 is 1.43. The number of hydrogen-bond donors (Lipinski definition) is 0. The van der Waals surface area contributed by atoms with Crippen molar-refractivity contribution >= 4 is 11.5 Å². The Labute approximate surface area is 106 Å². The predicted molar refractivity (Wildman–Crippen MR) is 66.9 cm³/mol. The number of nitrogens with zero attached hydrogens (tertiary/aromatic N) is 3. The van der Waals surface area contributed by atoms with Gasteiger partial charge in [-0.05, 0) is 43.3 Å². The molecule has 1 spiro atoms. The summed E-state index contributed by atoms with van der Waals surface area (Å²) in [6.45, 7) is 6.38. The van der Waals surface area contributed by atoms with Crippen molar-refractivity contribution in [3.8, 4) is 0 Å². The molecule has 2 unspecified atom stereocenters. The lowest BCUT2D eigenvalue weighted by Crippen LogP contribution is -2.47. The van der Waals surface area contributed by atoms with E-state index in [2.05, 4.69) is 21.4 Å². The zero-order valence-electron chi connectivity index (χ0n) is 10.3. The fraction of sp³-hybridized carbons (Fsp3) is 0.833.